The number of nitrogens with two attached hydrogens (primary N) is 1. The number of hydrogen-bond acceptors (Lipinski definition) is 7. The highest BCUT2D eigenvalue weighted by Crippen LogP contribution is 2.47. The molecule has 0 saturated heterocycles. The summed E-state index contributed by atoms with van der Waals surface area (Å²) in [4.78, 5) is 12.2. The molecule has 124 valence electrons. The topological polar surface area (TPSA) is 104 Å². The molecule has 0 amide bonds. The molecule has 0 bridgehead atoms. The molecule has 1 atom stereocenters. The van der Waals surface area contributed by atoms with Crippen LogP contribution in [0.25, 0.3) is 0 Å². The van der Waals surface area contributed by atoms with Gasteiger partial charge < -0.3 is 24.7 Å². The standard InChI is InChI=1S/C17H16N2O5/c1-8(20)14-9(2)24-17(19)11(6-18)15(14)10-4-12(21-3)16-13(5-10)22-7-23-16/h4-5,15H,7,19H2,1-3H3/t15-/m0/s1. The second-order valence-corrected chi connectivity index (χ2v) is 5.41. The highest BCUT2D eigenvalue weighted by Gasteiger charge is 2.35. The number of fused-ring (bicyclic) bond motifs is 1. The molecule has 0 spiro atoms. The molecule has 0 radical (unpaired) electrons. The molecule has 24 heavy (non-hydrogen) atoms. The van der Waals surface area contributed by atoms with Crippen molar-refractivity contribution in [1.29, 1.82) is 5.26 Å². The molecule has 2 heterocycles. The number of benzene rings is 1. The minimum atomic E-state index is -0.648. The highest BCUT2D eigenvalue weighted by atomic mass is 16.7. The summed E-state index contributed by atoms with van der Waals surface area (Å²) in [7, 11) is 1.51. The molecule has 0 fully saturated rings. The minimum absolute atomic E-state index is 0.0124. The van der Waals surface area contributed by atoms with Crippen molar-refractivity contribution >= 4 is 5.78 Å². The molecule has 7 heteroatoms. The van der Waals surface area contributed by atoms with E-state index < -0.39 is 5.92 Å². The van der Waals surface area contributed by atoms with Crippen LogP contribution in [-0.2, 0) is 9.53 Å². The van der Waals surface area contributed by atoms with Gasteiger partial charge in [0.1, 0.15) is 17.4 Å². The van der Waals surface area contributed by atoms with Gasteiger partial charge in [0.2, 0.25) is 18.4 Å². The normalized spacial score (nSPS) is 19.0. The van der Waals surface area contributed by atoms with E-state index in [2.05, 4.69) is 0 Å². The summed E-state index contributed by atoms with van der Waals surface area (Å²) >= 11 is 0. The van der Waals surface area contributed by atoms with E-state index in [4.69, 9.17) is 24.7 Å². The van der Waals surface area contributed by atoms with E-state index >= 15 is 0 Å². The van der Waals surface area contributed by atoms with E-state index in [-0.39, 0.29) is 24.0 Å². The fourth-order valence-corrected chi connectivity index (χ4v) is 2.99. The number of rotatable bonds is 3. The van der Waals surface area contributed by atoms with Crippen molar-refractivity contribution in [2.24, 2.45) is 5.73 Å². The van der Waals surface area contributed by atoms with Gasteiger partial charge in [-0.1, -0.05) is 0 Å². The third-order valence-electron chi connectivity index (χ3n) is 4.00. The molecule has 0 aromatic heterocycles. The van der Waals surface area contributed by atoms with Gasteiger partial charge in [-0.05, 0) is 31.5 Å². The Morgan fingerprint density at radius 1 is 1.42 bits per heavy atom. The Labute approximate surface area is 138 Å². The average molecular weight is 328 g/mol. The summed E-state index contributed by atoms with van der Waals surface area (Å²) in [6.07, 6.45) is 0. The van der Waals surface area contributed by atoms with Crippen LogP contribution in [0.5, 0.6) is 17.2 Å². The summed E-state index contributed by atoms with van der Waals surface area (Å²) < 4.78 is 21.5. The zero-order chi connectivity index (χ0) is 17.4. The van der Waals surface area contributed by atoms with Crippen LogP contribution in [0.2, 0.25) is 0 Å². The van der Waals surface area contributed by atoms with E-state index in [1.807, 2.05) is 6.07 Å². The number of ether oxygens (including phenoxy) is 4. The predicted octanol–water partition coefficient (Wildman–Crippen LogP) is 2.09. The van der Waals surface area contributed by atoms with Gasteiger partial charge in [0.05, 0.1) is 13.0 Å². The first-order valence-corrected chi connectivity index (χ1v) is 7.24. The van der Waals surface area contributed by atoms with Crippen LogP contribution < -0.4 is 19.9 Å². The van der Waals surface area contributed by atoms with Gasteiger partial charge in [0.25, 0.3) is 0 Å². The zero-order valence-corrected chi connectivity index (χ0v) is 13.5. The first-order chi connectivity index (χ1) is 11.5. The smallest absolute Gasteiger partial charge is 0.231 e. The van der Waals surface area contributed by atoms with E-state index in [1.165, 1.54) is 14.0 Å². The summed E-state index contributed by atoms with van der Waals surface area (Å²) in [6.45, 7) is 3.16. The molecule has 2 aliphatic rings. The van der Waals surface area contributed by atoms with Crippen molar-refractivity contribution in [1.82, 2.24) is 0 Å². The Morgan fingerprint density at radius 2 is 2.17 bits per heavy atom. The Balaban J connectivity index is 2.23. The van der Waals surface area contributed by atoms with Gasteiger partial charge >= 0.3 is 0 Å². The molecule has 2 N–H and O–H groups in total. The van der Waals surface area contributed by atoms with Crippen molar-refractivity contribution in [3.8, 4) is 23.3 Å². The number of carbonyl (C=O) groups excluding carboxylic acids is 1. The second kappa shape index (κ2) is 5.81. The fourth-order valence-electron chi connectivity index (χ4n) is 2.99. The van der Waals surface area contributed by atoms with Crippen molar-refractivity contribution in [3.05, 3.63) is 40.5 Å². The van der Waals surface area contributed by atoms with Crippen LogP contribution in [0.1, 0.15) is 25.3 Å². The Kier molecular flexibility index (Phi) is 3.81. The maximum Gasteiger partial charge on any atom is 0.231 e. The quantitative estimate of drug-likeness (QED) is 0.906. The van der Waals surface area contributed by atoms with E-state index in [9.17, 15) is 10.1 Å². The number of nitrogens with zero attached hydrogens (tertiary/aromatic N) is 1. The maximum absolute atomic E-state index is 12.2. The van der Waals surface area contributed by atoms with Gasteiger partial charge in [0, 0.05) is 5.57 Å². The van der Waals surface area contributed by atoms with Crippen LogP contribution in [0, 0.1) is 11.3 Å². The summed E-state index contributed by atoms with van der Waals surface area (Å²) in [6, 6.07) is 5.48. The Bertz CT molecular complexity index is 832. The number of hydrogen-bond donors (Lipinski definition) is 1. The van der Waals surface area contributed by atoms with Crippen LogP contribution >= 0.6 is 0 Å². The predicted molar refractivity (Wildman–Crippen MR) is 83.2 cm³/mol. The number of allylic oxidation sites excluding steroid dienone is 3. The largest absolute Gasteiger partial charge is 0.493 e. The average Bonchev–Trinajstić information content (AvgIpc) is 3.01. The van der Waals surface area contributed by atoms with E-state index in [0.717, 1.165) is 0 Å². The monoisotopic (exact) mass is 328 g/mol. The third-order valence-corrected chi connectivity index (χ3v) is 4.00. The van der Waals surface area contributed by atoms with Gasteiger partial charge in [-0.3, -0.25) is 4.79 Å². The molecule has 1 aromatic carbocycles. The number of methoxy groups -OCH3 is 1. The molecule has 3 rings (SSSR count). The number of Topliss-reactive ketones (excluding diaryl/α,β-unsaturated/α-hetero) is 1. The Morgan fingerprint density at radius 3 is 2.79 bits per heavy atom. The van der Waals surface area contributed by atoms with Crippen molar-refractivity contribution in [2.45, 2.75) is 19.8 Å². The van der Waals surface area contributed by atoms with E-state index in [1.54, 1.807) is 19.1 Å². The van der Waals surface area contributed by atoms with Crippen molar-refractivity contribution < 1.29 is 23.7 Å². The number of ketones is 1. The molecule has 1 aromatic rings. The SMILES string of the molecule is COc1cc([C@H]2C(C#N)=C(N)OC(C)=C2C(C)=O)cc2c1OCO2. The van der Waals surface area contributed by atoms with Crippen LogP contribution in [0.3, 0.4) is 0 Å². The minimum Gasteiger partial charge on any atom is -0.493 e. The van der Waals surface area contributed by atoms with Crippen LogP contribution in [0.15, 0.2) is 34.9 Å². The van der Waals surface area contributed by atoms with Gasteiger partial charge in [-0.15, -0.1) is 0 Å². The first-order valence-electron chi connectivity index (χ1n) is 7.24. The van der Waals surface area contributed by atoms with Crippen molar-refractivity contribution in [3.63, 3.8) is 0 Å². The number of nitriles is 1. The third kappa shape index (κ3) is 2.33. The molecular formula is C17H16N2O5. The van der Waals surface area contributed by atoms with Gasteiger partial charge in [0.15, 0.2) is 17.3 Å². The lowest BCUT2D eigenvalue weighted by atomic mass is 9.81. The molecule has 7 nitrogen and oxygen atoms in total. The molecule has 0 aliphatic carbocycles. The summed E-state index contributed by atoms with van der Waals surface area (Å²) in [5.41, 5.74) is 7.05. The first kappa shape index (κ1) is 15.7. The van der Waals surface area contributed by atoms with Crippen LogP contribution in [-0.4, -0.2) is 19.7 Å². The molecule has 0 saturated carbocycles. The lowest BCUT2D eigenvalue weighted by molar-refractivity contribution is -0.114. The fraction of sp³-hybridized carbons (Fsp3) is 0.294. The van der Waals surface area contributed by atoms with Crippen molar-refractivity contribution in [2.75, 3.05) is 13.9 Å². The highest BCUT2D eigenvalue weighted by molar-refractivity contribution is 5.96. The molecule has 2 aliphatic heterocycles. The number of carbonyl (C=O) groups is 1. The second-order valence-electron chi connectivity index (χ2n) is 5.41. The molecule has 0 unspecified atom stereocenters. The van der Waals surface area contributed by atoms with Crippen LogP contribution in [0.4, 0.5) is 0 Å². The lowest BCUT2D eigenvalue weighted by Crippen LogP contribution is -2.23. The van der Waals surface area contributed by atoms with Gasteiger partial charge in [-0.25, -0.2) is 0 Å². The van der Waals surface area contributed by atoms with E-state index in [0.29, 0.717) is 34.1 Å². The Hall–Kier alpha value is -3.14. The summed E-state index contributed by atoms with van der Waals surface area (Å²) in [5, 5.41) is 9.51. The zero-order valence-electron chi connectivity index (χ0n) is 13.5. The maximum atomic E-state index is 12.2. The van der Waals surface area contributed by atoms with Gasteiger partial charge in [-0.2, -0.15) is 5.26 Å². The lowest BCUT2D eigenvalue weighted by Gasteiger charge is -2.27. The summed E-state index contributed by atoms with van der Waals surface area (Å²) in [5.74, 6) is 0.963. The molecular weight excluding hydrogens is 312 g/mol.